The monoisotopic (exact) mass is 310 g/mol. The van der Waals surface area contributed by atoms with Crippen LogP contribution in [-0.2, 0) is 27.8 Å². The average Bonchev–Trinajstić information content (AvgIpc) is 2.77. The predicted molar refractivity (Wildman–Crippen MR) is 83.6 cm³/mol. The fraction of sp³-hybridized carbons (Fsp3) is 0.533. The summed E-state index contributed by atoms with van der Waals surface area (Å²) in [6, 6.07) is 5.77. The van der Waals surface area contributed by atoms with Crippen LogP contribution in [0.25, 0.3) is 0 Å². The second-order valence-corrected chi connectivity index (χ2v) is 7.78. The summed E-state index contributed by atoms with van der Waals surface area (Å²) in [6.45, 7) is 5.07. The first-order valence-electron chi connectivity index (χ1n) is 7.13. The molecule has 5 nitrogen and oxygen atoms in total. The molecular weight excluding hydrogens is 288 g/mol. The number of fused-ring (bicyclic) bond motifs is 1. The van der Waals surface area contributed by atoms with Gasteiger partial charge in [-0.3, -0.25) is 4.79 Å². The van der Waals surface area contributed by atoms with E-state index in [1.54, 1.807) is 0 Å². The number of nitrogens with one attached hydrogen (secondary N) is 1. The van der Waals surface area contributed by atoms with Crippen LogP contribution in [0.2, 0.25) is 0 Å². The van der Waals surface area contributed by atoms with Crippen molar-refractivity contribution in [1.82, 2.24) is 4.72 Å². The molecule has 1 N–H and O–H groups in total. The minimum Gasteiger partial charge on any atom is -0.312 e. The van der Waals surface area contributed by atoms with Crippen molar-refractivity contribution in [3.05, 3.63) is 29.3 Å². The molecule has 0 unspecified atom stereocenters. The molecule has 0 saturated carbocycles. The SMILES string of the molecule is CC(C)CC(=O)N1CCc2cc(CNS(C)(=O)=O)ccc21. The third-order valence-corrected chi connectivity index (χ3v) is 4.13. The van der Waals surface area contributed by atoms with Crippen LogP contribution in [0.15, 0.2) is 18.2 Å². The van der Waals surface area contributed by atoms with Crippen molar-refractivity contribution in [2.24, 2.45) is 5.92 Å². The van der Waals surface area contributed by atoms with E-state index in [-0.39, 0.29) is 12.5 Å². The highest BCUT2D eigenvalue weighted by atomic mass is 32.2. The van der Waals surface area contributed by atoms with Gasteiger partial charge in [0.15, 0.2) is 0 Å². The zero-order valence-corrected chi connectivity index (χ0v) is 13.5. The van der Waals surface area contributed by atoms with E-state index in [1.165, 1.54) is 0 Å². The normalized spacial score (nSPS) is 14.6. The van der Waals surface area contributed by atoms with Crippen molar-refractivity contribution in [3.8, 4) is 0 Å². The lowest BCUT2D eigenvalue weighted by atomic mass is 10.1. The molecule has 0 fully saturated rings. The molecule has 1 heterocycles. The molecule has 6 heteroatoms. The second kappa shape index (κ2) is 6.15. The van der Waals surface area contributed by atoms with Crippen LogP contribution in [0.1, 0.15) is 31.4 Å². The van der Waals surface area contributed by atoms with Crippen molar-refractivity contribution in [1.29, 1.82) is 0 Å². The molecule has 0 spiro atoms. The first-order chi connectivity index (χ1) is 9.76. The molecule has 1 aromatic rings. The van der Waals surface area contributed by atoms with Gasteiger partial charge >= 0.3 is 0 Å². The van der Waals surface area contributed by atoms with Crippen molar-refractivity contribution >= 4 is 21.6 Å². The molecule has 1 aliphatic rings. The van der Waals surface area contributed by atoms with Crippen LogP contribution in [0.3, 0.4) is 0 Å². The maximum absolute atomic E-state index is 12.2. The van der Waals surface area contributed by atoms with Crippen LogP contribution >= 0.6 is 0 Å². The summed E-state index contributed by atoms with van der Waals surface area (Å²) in [4.78, 5) is 14.0. The number of benzene rings is 1. The third kappa shape index (κ3) is 4.28. The lowest BCUT2D eigenvalue weighted by Crippen LogP contribution is -2.29. The maximum Gasteiger partial charge on any atom is 0.227 e. The summed E-state index contributed by atoms with van der Waals surface area (Å²) in [5, 5.41) is 0. The Hall–Kier alpha value is -1.40. The molecule has 0 aromatic heterocycles. The van der Waals surface area contributed by atoms with Gasteiger partial charge in [0, 0.05) is 25.2 Å². The van der Waals surface area contributed by atoms with Crippen LogP contribution < -0.4 is 9.62 Å². The minimum absolute atomic E-state index is 0.158. The van der Waals surface area contributed by atoms with Gasteiger partial charge in [0.25, 0.3) is 0 Å². The number of rotatable bonds is 5. The van der Waals surface area contributed by atoms with Gasteiger partial charge < -0.3 is 4.90 Å². The Labute approximate surface area is 126 Å². The standard InChI is InChI=1S/C15H22N2O3S/c1-11(2)8-15(18)17-7-6-13-9-12(4-5-14(13)17)10-16-21(3,19)20/h4-5,9,11,16H,6-8,10H2,1-3H3. The summed E-state index contributed by atoms with van der Waals surface area (Å²) in [7, 11) is -3.19. The van der Waals surface area contributed by atoms with E-state index < -0.39 is 10.0 Å². The molecule has 0 saturated heterocycles. The summed E-state index contributed by atoms with van der Waals surface area (Å²) < 4.78 is 24.7. The second-order valence-electron chi connectivity index (χ2n) is 5.95. The quantitative estimate of drug-likeness (QED) is 0.899. The van der Waals surface area contributed by atoms with Gasteiger partial charge in [0.05, 0.1) is 6.26 Å². The van der Waals surface area contributed by atoms with E-state index in [9.17, 15) is 13.2 Å². The number of amides is 1. The van der Waals surface area contributed by atoms with Crippen LogP contribution in [-0.4, -0.2) is 27.1 Å². The number of carbonyl (C=O) groups excluding carboxylic acids is 1. The molecule has 0 atom stereocenters. The van der Waals surface area contributed by atoms with E-state index in [0.717, 1.165) is 29.5 Å². The molecule has 1 amide bonds. The summed E-state index contributed by atoms with van der Waals surface area (Å²) >= 11 is 0. The number of carbonyl (C=O) groups is 1. The highest BCUT2D eigenvalue weighted by Gasteiger charge is 2.24. The van der Waals surface area contributed by atoms with Gasteiger partial charge in [-0.15, -0.1) is 0 Å². The molecule has 0 radical (unpaired) electrons. The predicted octanol–water partition coefficient (Wildman–Crippen LogP) is 1.67. The van der Waals surface area contributed by atoms with Crippen LogP contribution in [0, 0.1) is 5.92 Å². The van der Waals surface area contributed by atoms with E-state index in [4.69, 9.17) is 0 Å². The molecule has 116 valence electrons. The van der Waals surface area contributed by atoms with Gasteiger partial charge in [-0.25, -0.2) is 13.1 Å². The number of anilines is 1. The fourth-order valence-corrected chi connectivity index (χ4v) is 2.93. The topological polar surface area (TPSA) is 66.5 Å². The Morgan fingerprint density at radius 1 is 1.38 bits per heavy atom. The Kier molecular flexibility index (Phi) is 4.68. The van der Waals surface area contributed by atoms with Crippen LogP contribution in [0.5, 0.6) is 0 Å². The van der Waals surface area contributed by atoms with Crippen molar-refractivity contribution in [3.63, 3.8) is 0 Å². The summed E-state index contributed by atoms with van der Waals surface area (Å²) in [5.41, 5.74) is 2.99. The highest BCUT2D eigenvalue weighted by Crippen LogP contribution is 2.29. The number of hydrogen-bond acceptors (Lipinski definition) is 3. The van der Waals surface area contributed by atoms with Crippen molar-refractivity contribution in [2.45, 2.75) is 33.2 Å². The first-order valence-corrected chi connectivity index (χ1v) is 9.02. The maximum atomic E-state index is 12.2. The summed E-state index contributed by atoms with van der Waals surface area (Å²) in [6.07, 6.45) is 2.52. The minimum atomic E-state index is -3.19. The van der Waals surface area contributed by atoms with E-state index in [1.807, 2.05) is 36.9 Å². The van der Waals surface area contributed by atoms with Gasteiger partial charge in [-0.2, -0.15) is 0 Å². The Morgan fingerprint density at radius 3 is 2.71 bits per heavy atom. The smallest absolute Gasteiger partial charge is 0.227 e. The van der Waals surface area contributed by atoms with Crippen molar-refractivity contribution < 1.29 is 13.2 Å². The van der Waals surface area contributed by atoms with Gasteiger partial charge in [0.1, 0.15) is 0 Å². The molecular formula is C15H22N2O3S. The van der Waals surface area contributed by atoms with Gasteiger partial charge in [-0.05, 0) is 29.5 Å². The number of hydrogen-bond donors (Lipinski definition) is 1. The van der Waals surface area contributed by atoms with Gasteiger partial charge in [0.2, 0.25) is 15.9 Å². The molecule has 0 bridgehead atoms. The van der Waals surface area contributed by atoms with Crippen LogP contribution in [0.4, 0.5) is 5.69 Å². The molecule has 2 rings (SSSR count). The number of nitrogens with zero attached hydrogens (tertiary/aromatic N) is 1. The lowest BCUT2D eigenvalue weighted by Gasteiger charge is -2.18. The Bertz CT molecular complexity index is 638. The highest BCUT2D eigenvalue weighted by molar-refractivity contribution is 7.88. The Balaban J connectivity index is 2.11. The molecule has 21 heavy (non-hydrogen) atoms. The van der Waals surface area contributed by atoms with Crippen molar-refractivity contribution in [2.75, 3.05) is 17.7 Å². The average molecular weight is 310 g/mol. The largest absolute Gasteiger partial charge is 0.312 e. The van der Waals surface area contributed by atoms with E-state index in [2.05, 4.69) is 4.72 Å². The van der Waals surface area contributed by atoms with E-state index >= 15 is 0 Å². The molecule has 1 aliphatic heterocycles. The lowest BCUT2D eigenvalue weighted by molar-refractivity contribution is -0.119. The molecule has 0 aliphatic carbocycles. The third-order valence-electron chi connectivity index (χ3n) is 3.46. The fourth-order valence-electron chi connectivity index (χ4n) is 2.50. The summed E-state index contributed by atoms with van der Waals surface area (Å²) in [5.74, 6) is 0.505. The zero-order valence-electron chi connectivity index (χ0n) is 12.7. The zero-order chi connectivity index (χ0) is 15.6. The van der Waals surface area contributed by atoms with Gasteiger partial charge in [-0.1, -0.05) is 26.0 Å². The van der Waals surface area contributed by atoms with E-state index in [0.29, 0.717) is 18.9 Å². The molecule has 1 aromatic carbocycles. The Morgan fingerprint density at radius 2 is 2.10 bits per heavy atom. The first kappa shape index (κ1) is 16.0. The number of sulfonamides is 1.